The number of alkyl halides is 2. The number of hydrogen-bond acceptors (Lipinski definition) is 4. The van der Waals surface area contributed by atoms with E-state index in [1.54, 1.807) is 12.1 Å². The van der Waals surface area contributed by atoms with Gasteiger partial charge in [-0.2, -0.15) is 4.98 Å². The molecule has 0 saturated heterocycles. The van der Waals surface area contributed by atoms with Crippen LogP contribution in [0.25, 0.3) is 0 Å². The summed E-state index contributed by atoms with van der Waals surface area (Å²) < 4.78 is 50.3. The van der Waals surface area contributed by atoms with Crippen LogP contribution in [-0.2, 0) is 13.0 Å². The number of furan rings is 1. The smallest absolute Gasteiger partial charge is 0.317 e. The summed E-state index contributed by atoms with van der Waals surface area (Å²) in [5.74, 6) is -2.76. The van der Waals surface area contributed by atoms with Crippen molar-refractivity contribution in [3.05, 3.63) is 41.9 Å². The summed E-state index contributed by atoms with van der Waals surface area (Å²) in [4.78, 5) is 7.64. The number of rotatable bonds is 8. The Kier molecular flexibility index (Phi) is 5.41. The molecule has 0 aliphatic rings. The van der Waals surface area contributed by atoms with Crippen LogP contribution in [0.1, 0.15) is 37.6 Å². The summed E-state index contributed by atoms with van der Waals surface area (Å²) in [7, 11) is 0. The third kappa shape index (κ3) is 4.75. The minimum absolute atomic E-state index is 0.00458. The van der Waals surface area contributed by atoms with Gasteiger partial charge in [0, 0.05) is 12.8 Å². The topological polar surface area (TPSA) is 48.2 Å². The molecule has 0 N–H and O–H groups in total. The van der Waals surface area contributed by atoms with Gasteiger partial charge >= 0.3 is 6.01 Å². The lowest BCUT2D eigenvalue weighted by molar-refractivity contribution is -0.0131. The van der Waals surface area contributed by atoms with Crippen LogP contribution < -0.4 is 4.74 Å². The van der Waals surface area contributed by atoms with E-state index in [4.69, 9.17) is 9.15 Å². The second kappa shape index (κ2) is 7.29. The van der Waals surface area contributed by atoms with Crippen molar-refractivity contribution >= 4 is 0 Å². The van der Waals surface area contributed by atoms with Gasteiger partial charge in [0.25, 0.3) is 0 Å². The Morgan fingerprint density at radius 2 is 2.18 bits per heavy atom. The molecule has 2 aromatic rings. The zero-order valence-corrected chi connectivity index (χ0v) is 12.2. The fraction of sp³-hybridized carbons (Fsp3) is 0.467. The van der Waals surface area contributed by atoms with Gasteiger partial charge in [0.05, 0.1) is 18.2 Å². The van der Waals surface area contributed by atoms with Gasteiger partial charge in [-0.15, -0.1) is 0 Å². The lowest BCUT2D eigenvalue weighted by Gasteiger charge is -2.13. The first-order valence-corrected chi connectivity index (χ1v) is 7.04. The molecule has 0 atom stereocenters. The standard InChI is InChI=1S/C15H17F3N2O2/c1-2-15(17,18)7-3-6-13-12(16)9-19-14(20-13)22-10-11-5-4-8-21-11/h4-5,8-9H,2-3,6-7,10H2,1H3. The van der Waals surface area contributed by atoms with E-state index in [2.05, 4.69) is 9.97 Å². The van der Waals surface area contributed by atoms with Gasteiger partial charge < -0.3 is 9.15 Å². The third-order valence-electron chi connectivity index (χ3n) is 3.19. The second-order valence-corrected chi connectivity index (χ2v) is 4.88. The quantitative estimate of drug-likeness (QED) is 0.734. The highest BCUT2D eigenvalue weighted by Crippen LogP contribution is 2.25. The molecule has 120 valence electrons. The number of halogens is 3. The molecule has 7 heteroatoms. The first-order chi connectivity index (χ1) is 10.5. The fourth-order valence-electron chi connectivity index (χ4n) is 1.85. The normalized spacial score (nSPS) is 11.6. The Hall–Kier alpha value is -2.05. The van der Waals surface area contributed by atoms with Crippen molar-refractivity contribution in [1.29, 1.82) is 0 Å². The van der Waals surface area contributed by atoms with Gasteiger partial charge in [0.15, 0.2) is 5.82 Å². The maximum atomic E-state index is 13.6. The van der Waals surface area contributed by atoms with Crippen LogP contribution in [0.2, 0.25) is 0 Å². The summed E-state index contributed by atoms with van der Waals surface area (Å²) in [6.45, 7) is 1.54. The van der Waals surface area contributed by atoms with Gasteiger partial charge in [-0.1, -0.05) is 6.92 Å². The predicted molar refractivity (Wildman–Crippen MR) is 73.2 cm³/mol. The number of nitrogens with zero attached hydrogens (tertiary/aromatic N) is 2. The molecule has 0 aliphatic carbocycles. The largest absolute Gasteiger partial charge is 0.466 e. The Labute approximate surface area is 126 Å². The molecule has 2 aromatic heterocycles. The highest BCUT2D eigenvalue weighted by Gasteiger charge is 2.25. The number of aryl methyl sites for hydroxylation is 1. The summed E-state index contributed by atoms with van der Waals surface area (Å²) in [5.41, 5.74) is 0.0800. The Morgan fingerprint density at radius 3 is 2.86 bits per heavy atom. The maximum Gasteiger partial charge on any atom is 0.317 e. The van der Waals surface area contributed by atoms with E-state index in [0.29, 0.717) is 5.76 Å². The van der Waals surface area contributed by atoms with E-state index in [1.807, 2.05) is 0 Å². The van der Waals surface area contributed by atoms with E-state index in [0.717, 1.165) is 6.20 Å². The zero-order valence-electron chi connectivity index (χ0n) is 12.2. The molecule has 0 unspecified atom stereocenters. The molecule has 2 rings (SSSR count). The Morgan fingerprint density at radius 1 is 1.36 bits per heavy atom. The van der Waals surface area contributed by atoms with Crippen molar-refractivity contribution in [2.45, 2.75) is 45.1 Å². The molecule has 0 aromatic carbocycles. The highest BCUT2D eigenvalue weighted by molar-refractivity contribution is 5.09. The summed E-state index contributed by atoms with van der Waals surface area (Å²) in [6, 6.07) is 3.43. The lowest BCUT2D eigenvalue weighted by Crippen LogP contribution is -2.14. The zero-order chi connectivity index (χ0) is 16.0. The minimum Gasteiger partial charge on any atom is -0.466 e. The Bertz CT molecular complexity index is 588. The molecule has 0 amide bonds. The van der Waals surface area contributed by atoms with Crippen molar-refractivity contribution in [3.63, 3.8) is 0 Å². The van der Waals surface area contributed by atoms with E-state index in [9.17, 15) is 13.2 Å². The van der Waals surface area contributed by atoms with Crippen LogP contribution in [-0.4, -0.2) is 15.9 Å². The van der Waals surface area contributed by atoms with Crippen molar-refractivity contribution in [3.8, 4) is 6.01 Å². The van der Waals surface area contributed by atoms with Crippen molar-refractivity contribution in [1.82, 2.24) is 9.97 Å². The monoisotopic (exact) mass is 314 g/mol. The van der Waals surface area contributed by atoms with Crippen LogP contribution in [0.3, 0.4) is 0 Å². The van der Waals surface area contributed by atoms with Gasteiger partial charge in [-0.3, -0.25) is 0 Å². The molecule has 0 spiro atoms. The molecule has 22 heavy (non-hydrogen) atoms. The molecule has 0 saturated carbocycles. The minimum atomic E-state index is -2.72. The van der Waals surface area contributed by atoms with E-state index in [1.165, 1.54) is 13.2 Å². The molecule has 0 fully saturated rings. The van der Waals surface area contributed by atoms with Crippen LogP contribution >= 0.6 is 0 Å². The maximum absolute atomic E-state index is 13.6. The number of aromatic nitrogens is 2. The summed E-state index contributed by atoms with van der Waals surface area (Å²) >= 11 is 0. The average Bonchev–Trinajstić information content (AvgIpc) is 3.01. The molecule has 2 heterocycles. The molecule has 0 aliphatic heterocycles. The first-order valence-electron chi connectivity index (χ1n) is 7.04. The van der Waals surface area contributed by atoms with Crippen molar-refractivity contribution in [2.75, 3.05) is 0 Å². The van der Waals surface area contributed by atoms with Gasteiger partial charge in [0.1, 0.15) is 12.4 Å². The first kappa shape index (κ1) is 16.3. The summed E-state index contributed by atoms with van der Waals surface area (Å²) in [5, 5.41) is 0. The Balaban J connectivity index is 1.92. The fourth-order valence-corrected chi connectivity index (χ4v) is 1.85. The SMILES string of the molecule is CCC(F)(F)CCCc1nc(OCc2ccco2)ncc1F. The van der Waals surface area contributed by atoms with Crippen molar-refractivity contribution < 1.29 is 22.3 Å². The van der Waals surface area contributed by atoms with Crippen LogP contribution in [0, 0.1) is 5.82 Å². The van der Waals surface area contributed by atoms with Crippen LogP contribution in [0.5, 0.6) is 6.01 Å². The second-order valence-electron chi connectivity index (χ2n) is 4.88. The van der Waals surface area contributed by atoms with E-state index < -0.39 is 11.7 Å². The number of ether oxygens (including phenoxy) is 1. The summed E-state index contributed by atoms with van der Waals surface area (Å²) in [6.07, 6.45) is 2.22. The predicted octanol–water partition coefficient (Wildman–Crippen LogP) is 4.16. The van der Waals surface area contributed by atoms with Crippen LogP contribution in [0.4, 0.5) is 13.2 Å². The van der Waals surface area contributed by atoms with Crippen molar-refractivity contribution in [2.24, 2.45) is 0 Å². The van der Waals surface area contributed by atoms with E-state index in [-0.39, 0.29) is 44.0 Å². The molecule has 4 nitrogen and oxygen atoms in total. The van der Waals surface area contributed by atoms with E-state index >= 15 is 0 Å². The third-order valence-corrected chi connectivity index (χ3v) is 3.19. The highest BCUT2D eigenvalue weighted by atomic mass is 19.3. The average molecular weight is 314 g/mol. The molecular weight excluding hydrogens is 297 g/mol. The molecular formula is C15H17F3N2O2. The van der Waals surface area contributed by atoms with Gasteiger partial charge in [-0.25, -0.2) is 18.2 Å². The molecule has 0 radical (unpaired) electrons. The van der Waals surface area contributed by atoms with Gasteiger partial charge in [0.2, 0.25) is 5.92 Å². The number of hydrogen-bond donors (Lipinski definition) is 0. The molecule has 0 bridgehead atoms. The van der Waals surface area contributed by atoms with Crippen LogP contribution in [0.15, 0.2) is 29.0 Å². The van der Waals surface area contributed by atoms with Gasteiger partial charge in [-0.05, 0) is 25.0 Å². The lowest BCUT2D eigenvalue weighted by atomic mass is 10.1.